The summed E-state index contributed by atoms with van der Waals surface area (Å²) >= 11 is 0. The predicted molar refractivity (Wildman–Crippen MR) is 136 cm³/mol. The molecule has 5 N–H and O–H groups in total. The first-order chi connectivity index (χ1) is 16.6. The molecule has 4 aromatic carbocycles. The van der Waals surface area contributed by atoms with Crippen LogP contribution in [0.5, 0.6) is 11.5 Å². The van der Waals surface area contributed by atoms with Gasteiger partial charge in [-0.15, -0.1) is 10.2 Å². The predicted octanol–water partition coefficient (Wildman–Crippen LogP) is 2.80. The van der Waals surface area contributed by atoms with E-state index in [-0.39, 0.29) is 86.3 Å². The Morgan fingerprint density at radius 2 is 1.13 bits per heavy atom. The number of aromatic hydroxyl groups is 2. The zero-order valence-electron chi connectivity index (χ0n) is 19.5. The summed E-state index contributed by atoms with van der Waals surface area (Å²) in [5, 5.41) is 28.3. The van der Waals surface area contributed by atoms with Crippen molar-refractivity contribution < 1.29 is 49.1 Å². The van der Waals surface area contributed by atoms with Crippen LogP contribution < -0.4 is 0 Å². The minimum absolute atomic E-state index is 0. The summed E-state index contributed by atoms with van der Waals surface area (Å²) in [6, 6.07) is 9.96. The summed E-state index contributed by atoms with van der Waals surface area (Å²) in [5.74, 6) is -1.81. The van der Waals surface area contributed by atoms with Crippen molar-refractivity contribution in [1.29, 1.82) is 0 Å². The van der Waals surface area contributed by atoms with E-state index < -0.39 is 62.2 Å². The van der Waals surface area contributed by atoms with E-state index in [1.54, 1.807) is 0 Å². The van der Waals surface area contributed by atoms with Crippen LogP contribution in [-0.2, 0) is 30.4 Å². The first-order valence-electron chi connectivity index (χ1n) is 9.47. The molecule has 0 spiro atoms. The van der Waals surface area contributed by atoms with Crippen molar-refractivity contribution >= 4 is 122 Å². The zero-order chi connectivity index (χ0) is 26.6. The first-order valence-corrected chi connectivity index (χ1v) is 13.8. The molecule has 13 nitrogen and oxygen atoms in total. The molecule has 0 unspecified atom stereocenters. The summed E-state index contributed by atoms with van der Waals surface area (Å²) in [5.41, 5.74) is -0.887. The van der Waals surface area contributed by atoms with E-state index >= 15 is 0 Å². The normalized spacial score (nSPS) is 12.4. The van der Waals surface area contributed by atoms with Crippen molar-refractivity contribution in [3.63, 3.8) is 0 Å². The average molecular weight is 601 g/mol. The summed E-state index contributed by atoms with van der Waals surface area (Å²) in [6.45, 7) is 0. The SMILES string of the molecule is O=S(=O)(O)c1ccc2c(N=Nc3c(O)cc(S(=O)(=O)O)c4ccccc34)c(O)c(S(=O)(=O)O)cc2c1.[Na].[Na]. The van der Waals surface area contributed by atoms with E-state index in [4.69, 9.17) is 0 Å². The molecule has 0 saturated carbocycles. The fourth-order valence-corrected chi connectivity index (χ4v) is 5.37. The number of nitrogens with zero attached hydrogens (tertiary/aromatic N) is 2. The van der Waals surface area contributed by atoms with Gasteiger partial charge in [0.2, 0.25) is 0 Å². The van der Waals surface area contributed by atoms with Crippen molar-refractivity contribution in [3.05, 3.63) is 54.6 Å². The molecular weight excluding hydrogens is 586 g/mol. The third-order valence-corrected chi connectivity index (χ3v) is 7.69. The maximum absolute atomic E-state index is 11.8. The second kappa shape index (κ2) is 11.4. The van der Waals surface area contributed by atoms with Crippen LogP contribution in [-0.4, -0.2) is 108 Å². The summed E-state index contributed by atoms with van der Waals surface area (Å²) in [7, 11) is -14.5. The fourth-order valence-electron chi connectivity index (χ4n) is 3.52. The molecule has 38 heavy (non-hydrogen) atoms. The monoisotopic (exact) mass is 600 g/mol. The minimum Gasteiger partial charge on any atom is -0.506 e. The van der Waals surface area contributed by atoms with Crippen LogP contribution in [0.2, 0.25) is 0 Å². The Morgan fingerprint density at radius 3 is 1.68 bits per heavy atom. The Hall–Kier alpha value is -1.67. The largest absolute Gasteiger partial charge is 0.506 e. The molecule has 0 aliphatic rings. The molecule has 0 fully saturated rings. The molecule has 0 atom stereocenters. The van der Waals surface area contributed by atoms with Gasteiger partial charge in [-0.2, -0.15) is 25.3 Å². The quantitative estimate of drug-likeness (QED) is 0.127. The minimum atomic E-state index is -5.05. The smallest absolute Gasteiger partial charge is 0.298 e. The molecule has 4 rings (SSSR count). The van der Waals surface area contributed by atoms with Crippen molar-refractivity contribution in [2.75, 3.05) is 0 Å². The number of fused-ring (bicyclic) bond motifs is 2. The maximum Gasteiger partial charge on any atom is 0.298 e. The van der Waals surface area contributed by atoms with E-state index in [2.05, 4.69) is 10.2 Å². The summed E-state index contributed by atoms with van der Waals surface area (Å²) in [6.07, 6.45) is 0. The van der Waals surface area contributed by atoms with Crippen molar-refractivity contribution in [3.8, 4) is 11.5 Å². The molecule has 0 bridgehead atoms. The van der Waals surface area contributed by atoms with Crippen LogP contribution in [0.15, 0.2) is 79.5 Å². The second-order valence-corrected chi connectivity index (χ2v) is 11.6. The molecule has 0 aliphatic carbocycles. The third kappa shape index (κ3) is 6.38. The van der Waals surface area contributed by atoms with Gasteiger partial charge in [0.15, 0.2) is 5.75 Å². The zero-order valence-corrected chi connectivity index (χ0v) is 26.0. The Balaban J connectivity index is 0.00000253. The Morgan fingerprint density at radius 1 is 0.579 bits per heavy atom. The van der Waals surface area contributed by atoms with Crippen molar-refractivity contribution in [2.45, 2.75) is 14.7 Å². The number of hydrogen-bond donors (Lipinski definition) is 5. The standard InChI is InChI=1S/C20H14N2O11S3.2Na/c23-15-9-16(35(28,29)30)13-3-1-2-4-14(13)18(15)21-22-19-12-6-5-11(34(25,26)27)7-10(12)8-17(20(19)24)36(31,32)33;;/h1-9,23-24H,(H,25,26,27)(H,28,29,30)(H,31,32,33);;. The molecule has 4 aromatic rings. The molecule has 0 aromatic heterocycles. The molecule has 190 valence electrons. The molecule has 0 amide bonds. The number of benzene rings is 4. The fraction of sp³-hybridized carbons (Fsp3) is 0. The van der Waals surface area contributed by atoms with Crippen molar-refractivity contribution in [1.82, 2.24) is 0 Å². The Bertz CT molecular complexity index is 1940. The Labute approximate surface area is 260 Å². The molecule has 18 heteroatoms. The van der Waals surface area contributed by atoms with Crippen LogP contribution in [0.25, 0.3) is 21.5 Å². The Kier molecular flexibility index (Phi) is 9.80. The topological polar surface area (TPSA) is 228 Å². The molecule has 0 heterocycles. The molecule has 0 aliphatic heterocycles. The van der Waals surface area contributed by atoms with Crippen molar-refractivity contribution in [2.24, 2.45) is 10.2 Å². The number of azo groups is 1. The second-order valence-electron chi connectivity index (χ2n) is 7.37. The summed E-state index contributed by atoms with van der Waals surface area (Å²) < 4.78 is 98.3. The van der Waals surface area contributed by atoms with E-state index in [0.717, 1.165) is 30.3 Å². The number of phenols is 2. The van der Waals surface area contributed by atoms with Gasteiger partial charge < -0.3 is 10.2 Å². The van der Waals surface area contributed by atoms with E-state index in [9.17, 15) is 49.1 Å². The van der Waals surface area contributed by atoms with Crippen LogP contribution in [0.3, 0.4) is 0 Å². The van der Waals surface area contributed by atoms with Crippen LogP contribution in [0, 0.1) is 0 Å². The average Bonchev–Trinajstić information content (AvgIpc) is 2.76. The third-order valence-electron chi connectivity index (χ3n) is 5.08. The van der Waals surface area contributed by atoms with Gasteiger partial charge >= 0.3 is 0 Å². The van der Waals surface area contributed by atoms with E-state index in [1.807, 2.05) is 0 Å². The van der Waals surface area contributed by atoms with Gasteiger partial charge in [0.1, 0.15) is 26.9 Å². The van der Waals surface area contributed by atoms with Crippen LogP contribution >= 0.6 is 0 Å². The van der Waals surface area contributed by atoms with Crippen LogP contribution in [0.4, 0.5) is 11.4 Å². The van der Waals surface area contributed by atoms with E-state index in [0.29, 0.717) is 0 Å². The van der Waals surface area contributed by atoms with Gasteiger partial charge in [0.05, 0.1) is 4.90 Å². The summed E-state index contributed by atoms with van der Waals surface area (Å²) in [4.78, 5) is -2.28. The molecule has 0 saturated heterocycles. The first kappa shape index (κ1) is 32.5. The van der Waals surface area contributed by atoms with Gasteiger partial charge in [-0.05, 0) is 23.6 Å². The number of hydrogen-bond acceptors (Lipinski definition) is 10. The van der Waals surface area contributed by atoms with Gasteiger partial charge in [-0.3, -0.25) is 13.7 Å². The number of phenolic OH excluding ortho intramolecular Hbond substituents is 2. The number of rotatable bonds is 5. The van der Waals surface area contributed by atoms with Gasteiger partial charge in [-0.1, -0.05) is 30.3 Å². The van der Waals surface area contributed by atoms with Gasteiger partial charge in [0.25, 0.3) is 30.4 Å². The maximum atomic E-state index is 11.8. The van der Waals surface area contributed by atoms with Crippen LogP contribution in [0.1, 0.15) is 0 Å². The molecular formula is C20H14N2Na2O11S3. The van der Waals surface area contributed by atoms with E-state index in [1.165, 1.54) is 24.3 Å². The van der Waals surface area contributed by atoms with Gasteiger partial charge in [0, 0.05) is 81.3 Å². The van der Waals surface area contributed by atoms with Gasteiger partial charge in [-0.25, -0.2) is 0 Å². The molecule has 2 radical (unpaired) electrons.